The molecule has 1 aromatic heterocycles. The van der Waals surface area contributed by atoms with Crippen LogP contribution in [0.2, 0.25) is 0 Å². The van der Waals surface area contributed by atoms with E-state index in [4.69, 9.17) is 14.7 Å². The topological polar surface area (TPSA) is 94.5 Å². The van der Waals surface area contributed by atoms with Crippen LogP contribution in [0.4, 0.5) is 4.39 Å². The van der Waals surface area contributed by atoms with Gasteiger partial charge in [-0.2, -0.15) is 5.26 Å². The number of hydrogen-bond acceptors (Lipinski definition) is 4. The fraction of sp³-hybridized carbons (Fsp3) is 0.333. The highest BCUT2D eigenvalue weighted by atomic mass is 19.1. The van der Waals surface area contributed by atoms with Gasteiger partial charge < -0.3 is 25.1 Å². The number of aromatic nitrogens is 1. The van der Waals surface area contributed by atoms with Crippen LogP contribution in [-0.4, -0.2) is 38.3 Å². The van der Waals surface area contributed by atoms with Gasteiger partial charge in [-0.15, -0.1) is 0 Å². The summed E-state index contributed by atoms with van der Waals surface area (Å²) in [4.78, 5) is 7.87. The highest BCUT2D eigenvalue weighted by Gasteiger charge is 2.09. The van der Waals surface area contributed by atoms with Crippen molar-refractivity contribution < 1.29 is 13.9 Å². The van der Waals surface area contributed by atoms with E-state index in [-0.39, 0.29) is 12.4 Å². The molecule has 0 radical (unpaired) electrons. The molecule has 0 aliphatic carbocycles. The van der Waals surface area contributed by atoms with Crippen LogP contribution < -0.4 is 20.1 Å². The normalized spacial score (nSPS) is 11.3. The van der Waals surface area contributed by atoms with E-state index in [2.05, 4.69) is 26.7 Å². The second kappa shape index (κ2) is 11.0. The molecule has 0 unspecified atom stereocenters. The molecule has 3 aromatic rings. The number of aryl methyl sites for hydroxylation is 1. The van der Waals surface area contributed by atoms with Gasteiger partial charge in [-0.05, 0) is 44.0 Å². The van der Waals surface area contributed by atoms with E-state index in [9.17, 15) is 4.39 Å². The summed E-state index contributed by atoms with van der Waals surface area (Å²) in [6.45, 7) is 3.51. The molecule has 3 rings (SSSR count). The molecule has 3 N–H and O–H groups in total. The molecule has 8 heteroatoms. The lowest BCUT2D eigenvalue weighted by Gasteiger charge is -2.11. The zero-order valence-electron chi connectivity index (χ0n) is 18.6. The highest BCUT2D eigenvalue weighted by Crippen LogP contribution is 2.31. The zero-order chi connectivity index (χ0) is 22.9. The average Bonchev–Trinajstić information content (AvgIpc) is 3.23. The molecule has 7 nitrogen and oxygen atoms in total. The molecule has 2 aromatic carbocycles. The van der Waals surface area contributed by atoms with E-state index >= 15 is 0 Å². The highest BCUT2D eigenvalue weighted by molar-refractivity contribution is 5.88. The quantitative estimate of drug-likeness (QED) is 0.268. The summed E-state index contributed by atoms with van der Waals surface area (Å²) in [6.07, 6.45) is 1.71. The van der Waals surface area contributed by atoms with Gasteiger partial charge in [-0.3, -0.25) is 0 Å². The van der Waals surface area contributed by atoms with Gasteiger partial charge in [0.1, 0.15) is 17.3 Å². The summed E-state index contributed by atoms with van der Waals surface area (Å²) in [5.41, 5.74) is 2.89. The van der Waals surface area contributed by atoms with E-state index in [1.807, 2.05) is 25.1 Å². The van der Waals surface area contributed by atoms with Crippen molar-refractivity contribution >= 4 is 16.9 Å². The molecule has 0 aliphatic heterocycles. The lowest BCUT2D eigenvalue weighted by atomic mass is 10.1. The smallest absolute Gasteiger partial charge is 0.191 e. The number of nitrogens with one attached hydrogen (secondary N) is 3. The number of rotatable bonds is 9. The maximum Gasteiger partial charge on any atom is 0.191 e. The Kier molecular flexibility index (Phi) is 7.92. The van der Waals surface area contributed by atoms with Crippen molar-refractivity contribution in [1.29, 1.82) is 5.26 Å². The Morgan fingerprint density at radius 1 is 1.16 bits per heavy atom. The molecule has 32 heavy (non-hydrogen) atoms. The number of hydrogen-bond donors (Lipinski definition) is 3. The molecule has 0 spiro atoms. The van der Waals surface area contributed by atoms with Gasteiger partial charge in [-0.1, -0.05) is 0 Å². The number of methoxy groups -OCH3 is 2. The summed E-state index contributed by atoms with van der Waals surface area (Å²) in [7, 11) is 3.28. The average molecular weight is 438 g/mol. The number of aromatic amines is 1. The van der Waals surface area contributed by atoms with Crippen LogP contribution in [0.25, 0.3) is 10.9 Å². The molecule has 0 fully saturated rings. The van der Waals surface area contributed by atoms with Gasteiger partial charge >= 0.3 is 0 Å². The van der Waals surface area contributed by atoms with Crippen LogP contribution in [0, 0.1) is 17.1 Å². The fourth-order valence-corrected chi connectivity index (χ4v) is 3.42. The van der Waals surface area contributed by atoms with Crippen molar-refractivity contribution in [3.8, 4) is 17.6 Å². The van der Waals surface area contributed by atoms with Crippen molar-refractivity contribution in [2.45, 2.75) is 26.3 Å². The largest absolute Gasteiger partial charge is 0.497 e. The van der Waals surface area contributed by atoms with E-state index in [0.717, 1.165) is 40.9 Å². The number of aliphatic imine (C=N–C) groups is 1. The van der Waals surface area contributed by atoms with Gasteiger partial charge in [-0.25, -0.2) is 9.38 Å². The number of halogens is 1. The van der Waals surface area contributed by atoms with Crippen LogP contribution in [0.3, 0.4) is 0 Å². The molecule has 0 saturated heterocycles. The number of H-pyrrole nitrogens is 1. The van der Waals surface area contributed by atoms with Crippen LogP contribution in [-0.2, 0) is 13.0 Å². The lowest BCUT2D eigenvalue weighted by Crippen LogP contribution is -2.37. The molecule has 1 heterocycles. The minimum Gasteiger partial charge on any atom is -0.497 e. The second-order valence-corrected chi connectivity index (χ2v) is 7.23. The van der Waals surface area contributed by atoms with Gasteiger partial charge in [0, 0.05) is 41.9 Å². The van der Waals surface area contributed by atoms with Crippen molar-refractivity contribution in [3.05, 3.63) is 59.0 Å². The zero-order valence-corrected chi connectivity index (χ0v) is 18.6. The Labute approximate surface area is 187 Å². The summed E-state index contributed by atoms with van der Waals surface area (Å²) < 4.78 is 24.8. The lowest BCUT2D eigenvalue weighted by molar-refractivity contribution is 0.398. The van der Waals surface area contributed by atoms with Crippen molar-refractivity contribution in [3.63, 3.8) is 0 Å². The third-order valence-electron chi connectivity index (χ3n) is 5.03. The van der Waals surface area contributed by atoms with E-state index < -0.39 is 0 Å². The molecular weight excluding hydrogens is 409 g/mol. The Morgan fingerprint density at radius 3 is 2.72 bits per heavy atom. The van der Waals surface area contributed by atoms with E-state index in [0.29, 0.717) is 30.2 Å². The number of fused-ring (bicyclic) bond motifs is 1. The minimum atomic E-state index is -0.366. The second-order valence-electron chi connectivity index (χ2n) is 7.23. The number of ether oxygens (including phenoxy) is 2. The monoisotopic (exact) mass is 437 g/mol. The number of guanidine groups is 1. The van der Waals surface area contributed by atoms with Crippen LogP contribution in [0.1, 0.15) is 30.2 Å². The van der Waals surface area contributed by atoms with E-state index in [1.54, 1.807) is 14.2 Å². The van der Waals surface area contributed by atoms with E-state index in [1.165, 1.54) is 18.2 Å². The Balaban J connectivity index is 1.59. The predicted octanol–water partition coefficient (Wildman–Crippen LogP) is 3.88. The number of benzene rings is 2. The van der Waals surface area contributed by atoms with Crippen molar-refractivity contribution in [2.24, 2.45) is 4.99 Å². The molecule has 0 bridgehead atoms. The third-order valence-corrected chi connectivity index (χ3v) is 5.03. The van der Waals surface area contributed by atoms with Gasteiger partial charge in [0.25, 0.3) is 0 Å². The Bertz CT molecular complexity index is 1130. The Hall–Kier alpha value is -3.73. The maximum absolute atomic E-state index is 14.0. The van der Waals surface area contributed by atoms with Crippen LogP contribution in [0.15, 0.2) is 41.4 Å². The van der Waals surface area contributed by atoms with Crippen molar-refractivity contribution in [2.75, 3.05) is 27.3 Å². The molecule has 0 atom stereocenters. The number of nitrogens with zero attached hydrogens (tertiary/aromatic N) is 2. The number of nitriles is 1. The van der Waals surface area contributed by atoms with Crippen LogP contribution in [0.5, 0.6) is 11.5 Å². The summed E-state index contributed by atoms with van der Waals surface area (Å²) in [5, 5.41) is 16.5. The maximum atomic E-state index is 14.0. The standard InChI is InChI=1S/C24H28FN5O2/c1-4-27-24(29-15-17-10-16(14-26)7-8-21(17)25)28-9-5-6-18-11-20-22(30-18)12-19(31-2)13-23(20)32-3/h7-8,10-13,30H,4-6,9,15H2,1-3H3,(H2,27,28,29). The van der Waals surface area contributed by atoms with Gasteiger partial charge in [0.15, 0.2) is 5.96 Å². The summed E-state index contributed by atoms with van der Waals surface area (Å²) in [5.74, 6) is 1.76. The molecule has 0 amide bonds. The molecular formula is C24H28FN5O2. The van der Waals surface area contributed by atoms with Gasteiger partial charge in [0.05, 0.1) is 37.9 Å². The SMILES string of the molecule is CCNC(=NCc1cc(C#N)ccc1F)NCCCc1cc2c(OC)cc(OC)cc2[nH]1. The summed E-state index contributed by atoms with van der Waals surface area (Å²) >= 11 is 0. The van der Waals surface area contributed by atoms with Gasteiger partial charge in [0.2, 0.25) is 0 Å². The Morgan fingerprint density at radius 2 is 2.00 bits per heavy atom. The first-order chi connectivity index (χ1) is 15.6. The summed E-state index contributed by atoms with van der Waals surface area (Å²) in [6, 6.07) is 12.2. The molecule has 168 valence electrons. The first-order valence-corrected chi connectivity index (χ1v) is 10.5. The fourth-order valence-electron chi connectivity index (χ4n) is 3.42. The third kappa shape index (κ3) is 5.70. The van der Waals surface area contributed by atoms with Crippen molar-refractivity contribution in [1.82, 2.24) is 15.6 Å². The first-order valence-electron chi connectivity index (χ1n) is 10.5. The predicted molar refractivity (Wildman–Crippen MR) is 124 cm³/mol. The van der Waals surface area contributed by atoms with Crippen LogP contribution >= 0.6 is 0 Å². The first kappa shape index (κ1) is 22.9. The molecule has 0 aliphatic rings. The molecule has 0 saturated carbocycles. The minimum absolute atomic E-state index is 0.153.